The van der Waals surface area contributed by atoms with E-state index >= 15 is 0 Å². The second kappa shape index (κ2) is 8.96. The van der Waals surface area contributed by atoms with Crippen LogP contribution in [0.5, 0.6) is 5.75 Å². The Hall–Kier alpha value is -2.93. The van der Waals surface area contributed by atoms with Gasteiger partial charge in [-0.15, -0.1) is 0 Å². The van der Waals surface area contributed by atoms with E-state index in [0.717, 1.165) is 6.08 Å². The number of amides is 2. The van der Waals surface area contributed by atoms with Crippen molar-refractivity contribution in [3.8, 4) is 5.75 Å². The molecule has 0 fully saturated rings. The van der Waals surface area contributed by atoms with Gasteiger partial charge in [0.2, 0.25) is 11.8 Å². The summed E-state index contributed by atoms with van der Waals surface area (Å²) in [7, 11) is 0. The first-order valence-electron chi connectivity index (χ1n) is 7.45. The summed E-state index contributed by atoms with van der Waals surface area (Å²) in [6.45, 7) is -1.63. The van der Waals surface area contributed by atoms with Gasteiger partial charge in [0.05, 0.1) is 11.4 Å². The van der Waals surface area contributed by atoms with Gasteiger partial charge in [0.15, 0.2) is 0 Å². The zero-order valence-electron chi connectivity index (χ0n) is 13.6. The predicted molar refractivity (Wildman–Crippen MR) is 96.5 cm³/mol. The first kappa shape index (κ1) is 19.4. The summed E-state index contributed by atoms with van der Waals surface area (Å²) in [6, 6.07) is 10.7. The number of ether oxygens (including phenoxy) is 1. The van der Waals surface area contributed by atoms with Gasteiger partial charge < -0.3 is 15.4 Å². The molecule has 0 aliphatic carbocycles. The molecule has 2 aromatic carbocycles. The van der Waals surface area contributed by atoms with Crippen LogP contribution in [0.1, 0.15) is 12.5 Å². The average molecular weight is 381 g/mol. The molecule has 0 spiro atoms. The predicted octanol–water partition coefficient (Wildman–Crippen LogP) is 4.55. The van der Waals surface area contributed by atoms with Crippen LogP contribution in [-0.4, -0.2) is 18.4 Å². The lowest BCUT2D eigenvalue weighted by atomic mass is 10.2. The fraction of sp³-hybridized carbons (Fsp3) is 0.111. The third-order valence-electron chi connectivity index (χ3n) is 3.10. The largest absolute Gasteiger partial charge is 0.434 e. The van der Waals surface area contributed by atoms with E-state index in [1.807, 2.05) is 0 Å². The molecule has 26 heavy (non-hydrogen) atoms. The normalized spacial score (nSPS) is 10.8. The maximum atomic E-state index is 12.4. The van der Waals surface area contributed by atoms with Crippen LogP contribution in [-0.2, 0) is 9.59 Å². The number of benzene rings is 2. The molecule has 0 saturated heterocycles. The van der Waals surface area contributed by atoms with Crippen LogP contribution in [0, 0.1) is 0 Å². The molecule has 0 heterocycles. The van der Waals surface area contributed by atoms with Gasteiger partial charge in [0, 0.05) is 23.6 Å². The molecule has 8 heteroatoms. The smallest absolute Gasteiger partial charge is 0.387 e. The summed E-state index contributed by atoms with van der Waals surface area (Å²) >= 11 is 5.91. The van der Waals surface area contributed by atoms with Crippen LogP contribution in [0.3, 0.4) is 0 Å². The summed E-state index contributed by atoms with van der Waals surface area (Å²) in [5.74, 6) is -0.893. The van der Waals surface area contributed by atoms with E-state index in [2.05, 4.69) is 15.4 Å². The summed E-state index contributed by atoms with van der Waals surface area (Å²) in [4.78, 5) is 23.4. The molecule has 5 nitrogen and oxygen atoms in total. The van der Waals surface area contributed by atoms with E-state index < -0.39 is 12.5 Å². The molecule has 2 aromatic rings. The summed E-state index contributed by atoms with van der Waals surface area (Å²) in [5, 5.41) is 5.51. The minimum absolute atomic E-state index is 0.0479. The standard InChI is InChI=1S/C18H15ClF2N2O3/c1-11(24)22-14-8-7-13(19)10-15(14)23-17(25)9-6-12-4-2-3-5-16(12)26-18(20)21/h2-10,18H,1H3,(H,22,24)(H,23,25). The van der Waals surface area contributed by atoms with Crippen molar-refractivity contribution in [2.75, 3.05) is 10.6 Å². The van der Waals surface area contributed by atoms with E-state index in [9.17, 15) is 18.4 Å². The van der Waals surface area contributed by atoms with E-state index in [1.54, 1.807) is 24.3 Å². The van der Waals surface area contributed by atoms with Crippen LogP contribution in [0.4, 0.5) is 20.2 Å². The molecule has 2 rings (SSSR count). The number of hydrogen-bond donors (Lipinski definition) is 2. The Kier molecular flexibility index (Phi) is 6.68. The van der Waals surface area contributed by atoms with Gasteiger partial charge in [-0.2, -0.15) is 8.78 Å². The summed E-state index contributed by atoms with van der Waals surface area (Å²) < 4.78 is 29.2. The number of para-hydroxylation sites is 1. The number of rotatable bonds is 6. The Bertz CT molecular complexity index is 841. The average Bonchev–Trinajstić information content (AvgIpc) is 2.56. The van der Waals surface area contributed by atoms with Gasteiger partial charge in [-0.05, 0) is 30.3 Å². The molecule has 0 radical (unpaired) electrons. The topological polar surface area (TPSA) is 67.4 Å². The molecule has 0 bridgehead atoms. The van der Waals surface area contributed by atoms with Crippen molar-refractivity contribution in [3.05, 3.63) is 59.1 Å². The van der Waals surface area contributed by atoms with Gasteiger partial charge >= 0.3 is 6.61 Å². The Morgan fingerprint density at radius 1 is 1.12 bits per heavy atom. The van der Waals surface area contributed by atoms with Gasteiger partial charge in [-0.1, -0.05) is 29.8 Å². The molecule has 2 N–H and O–H groups in total. The zero-order chi connectivity index (χ0) is 19.1. The van der Waals surface area contributed by atoms with E-state index in [0.29, 0.717) is 22.0 Å². The van der Waals surface area contributed by atoms with Gasteiger partial charge in [0.25, 0.3) is 0 Å². The number of carbonyl (C=O) groups is 2. The quantitative estimate of drug-likeness (QED) is 0.722. The molecule has 0 aliphatic rings. The van der Waals surface area contributed by atoms with Crippen LogP contribution in [0.15, 0.2) is 48.5 Å². The molecule has 0 aromatic heterocycles. The number of anilines is 2. The van der Waals surface area contributed by atoms with Crippen molar-refractivity contribution in [2.45, 2.75) is 13.5 Å². The fourth-order valence-electron chi connectivity index (χ4n) is 2.08. The monoisotopic (exact) mass is 380 g/mol. The highest BCUT2D eigenvalue weighted by atomic mass is 35.5. The summed E-state index contributed by atoms with van der Waals surface area (Å²) in [5.41, 5.74) is 1.00. The number of alkyl halides is 2. The maximum Gasteiger partial charge on any atom is 0.387 e. The molecule has 0 unspecified atom stereocenters. The third-order valence-corrected chi connectivity index (χ3v) is 3.33. The van der Waals surface area contributed by atoms with Gasteiger partial charge in [-0.3, -0.25) is 9.59 Å². The highest BCUT2D eigenvalue weighted by Gasteiger charge is 2.09. The number of nitrogens with one attached hydrogen (secondary N) is 2. The van der Waals surface area contributed by atoms with Crippen molar-refractivity contribution in [1.29, 1.82) is 0 Å². The van der Waals surface area contributed by atoms with Crippen LogP contribution in [0.2, 0.25) is 5.02 Å². The lowest BCUT2D eigenvalue weighted by molar-refractivity contribution is -0.114. The van der Waals surface area contributed by atoms with Gasteiger partial charge in [0.1, 0.15) is 5.75 Å². The highest BCUT2D eigenvalue weighted by Crippen LogP contribution is 2.26. The lowest BCUT2D eigenvalue weighted by Crippen LogP contribution is -2.13. The fourth-order valence-corrected chi connectivity index (χ4v) is 2.25. The SMILES string of the molecule is CC(=O)Nc1ccc(Cl)cc1NC(=O)C=Cc1ccccc1OC(F)F. The first-order chi connectivity index (χ1) is 12.3. The molecule has 0 aliphatic heterocycles. The first-order valence-corrected chi connectivity index (χ1v) is 7.83. The molecule has 0 atom stereocenters. The third kappa shape index (κ3) is 5.86. The van der Waals surface area contributed by atoms with E-state index in [1.165, 1.54) is 31.2 Å². The molecule has 136 valence electrons. The summed E-state index contributed by atoms with van der Waals surface area (Å²) in [6.07, 6.45) is 2.50. The van der Waals surface area contributed by atoms with Crippen molar-refractivity contribution >= 4 is 40.9 Å². The van der Waals surface area contributed by atoms with Crippen LogP contribution in [0.25, 0.3) is 6.08 Å². The second-order valence-electron chi connectivity index (χ2n) is 5.11. The number of hydrogen-bond acceptors (Lipinski definition) is 3. The molecule has 2 amide bonds. The zero-order valence-corrected chi connectivity index (χ0v) is 14.4. The van der Waals surface area contributed by atoms with Crippen molar-refractivity contribution in [1.82, 2.24) is 0 Å². The molecule has 0 saturated carbocycles. The Morgan fingerprint density at radius 3 is 2.54 bits per heavy atom. The molecular formula is C18H15ClF2N2O3. The number of halogens is 3. The minimum atomic E-state index is -2.97. The van der Waals surface area contributed by atoms with E-state index in [-0.39, 0.29) is 11.7 Å². The Labute approximate surface area is 153 Å². The van der Waals surface area contributed by atoms with Crippen LogP contribution >= 0.6 is 11.6 Å². The van der Waals surface area contributed by atoms with E-state index in [4.69, 9.17) is 11.6 Å². The van der Waals surface area contributed by atoms with Crippen molar-refractivity contribution in [2.24, 2.45) is 0 Å². The number of carbonyl (C=O) groups excluding carboxylic acids is 2. The highest BCUT2D eigenvalue weighted by molar-refractivity contribution is 6.31. The second-order valence-corrected chi connectivity index (χ2v) is 5.55. The lowest BCUT2D eigenvalue weighted by Gasteiger charge is -2.11. The maximum absolute atomic E-state index is 12.4. The molecular weight excluding hydrogens is 366 g/mol. The van der Waals surface area contributed by atoms with Crippen LogP contribution < -0.4 is 15.4 Å². The van der Waals surface area contributed by atoms with Crippen molar-refractivity contribution < 1.29 is 23.1 Å². The Morgan fingerprint density at radius 2 is 1.85 bits per heavy atom. The van der Waals surface area contributed by atoms with Crippen molar-refractivity contribution in [3.63, 3.8) is 0 Å². The van der Waals surface area contributed by atoms with Gasteiger partial charge in [-0.25, -0.2) is 0 Å². The Balaban J connectivity index is 2.16. The minimum Gasteiger partial charge on any atom is -0.434 e.